The monoisotopic (exact) mass is 265 g/mol. The Labute approximate surface area is 117 Å². The zero-order chi connectivity index (χ0) is 13.9. The number of anilines is 1. The molecular formula is C16H15N3O. The van der Waals surface area contributed by atoms with E-state index in [-0.39, 0.29) is 5.76 Å². The molecule has 0 fully saturated rings. The van der Waals surface area contributed by atoms with Crippen molar-refractivity contribution in [2.24, 2.45) is 0 Å². The molecule has 100 valence electrons. The van der Waals surface area contributed by atoms with Gasteiger partial charge in [0.1, 0.15) is 11.6 Å². The Kier molecular flexibility index (Phi) is 3.21. The number of amidine groups is 1. The molecule has 1 aliphatic rings. The number of aliphatic hydroxyl groups excluding tert-OH is 1. The van der Waals surface area contributed by atoms with E-state index in [2.05, 4.69) is 4.98 Å². The molecule has 2 N–H and O–H groups in total. The van der Waals surface area contributed by atoms with Crippen molar-refractivity contribution in [1.82, 2.24) is 4.98 Å². The fourth-order valence-electron chi connectivity index (χ4n) is 2.37. The van der Waals surface area contributed by atoms with Crippen molar-refractivity contribution >= 4 is 17.1 Å². The van der Waals surface area contributed by atoms with Crippen LogP contribution in [0.1, 0.15) is 12.1 Å². The zero-order valence-corrected chi connectivity index (χ0v) is 11.0. The van der Waals surface area contributed by atoms with Crippen molar-refractivity contribution < 1.29 is 5.11 Å². The summed E-state index contributed by atoms with van der Waals surface area (Å²) in [5, 5.41) is 18.5. The van der Waals surface area contributed by atoms with Crippen LogP contribution in [-0.2, 0) is 0 Å². The van der Waals surface area contributed by atoms with Gasteiger partial charge in [0, 0.05) is 24.8 Å². The molecule has 0 spiro atoms. The molecule has 4 heteroatoms. The number of benzene rings is 1. The van der Waals surface area contributed by atoms with Crippen molar-refractivity contribution in [3.63, 3.8) is 0 Å². The Hall–Kier alpha value is -2.62. The molecule has 3 rings (SSSR count). The molecule has 0 unspecified atom stereocenters. The molecule has 4 nitrogen and oxygen atoms in total. The molecule has 0 saturated heterocycles. The quantitative estimate of drug-likeness (QED) is 0.876. The van der Waals surface area contributed by atoms with Crippen molar-refractivity contribution in [1.29, 1.82) is 5.41 Å². The third-order valence-corrected chi connectivity index (χ3v) is 3.36. The lowest BCUT2D eigenvalue weighted by Gasteiger charge is -2.30. The molecule has 0 saturated carbocycles. The predicted octanol–water partition coefficient (Wildman–Crippen LogP) is 3.24. The van der Waals surface area contributed by atoms with E-state index in [1.807, 2.05) is 53.4 Å². The number of hydrogen-bond donors (Lipinski definition) is 2. The second-order valence-electron chi connectivity index (χ2n) is 4.62. The van der Waals surface area contributed by atoms with Crippen LogP contribution in [0.15, 0.2) is 60.5 Å². The maximum atomic E-state index is 10.1. The lowest BCUT2D eigenvalue weighted by molar-refractivity contribution is 0.391. The van der Waals surface area contributed by atoms with Gasteiger partial charge < -0.3 is 10.0 Å². The third kappa shape index (κ3) is 2.16. The van der Waals surface area contributed by atoms with E-state index in [0.29, 0.717) is 30.1 Å². The number of para-hydroxylation sites is 1. The summed E-state index contributed by atoms with van der Waals surface area (Å²) in [4.78, 5) is 6.14. The van der Waals surface area contributed by atoms with Crippen molar-refractivity contribution in [2.75, 3.05) is 11.4 Å². The maximum absolute atomic E-state index is 10.1. The van der Waals surface area contributed by atoms with Crippen LogP contribution in [0.2, 0.25) is 0 Å². The second kappa shape index (κ2) is 5.17. The minimum Gasteiger partial charge on any atom is -0.511 e. The van der Waals surface area contributed by atoms with Gasteiger partial charge in [0.25, 0.3) is 0 Å². The van der Waals surface area contributed by atoms with Crippen LogP contribution >= 0.6 is 0 Å². The molecule has 0 amide bonds. The summed E-state index contributed by atoms with van der Waals surface area (Å²) >= 11 is 0. The number of hydrogen-bond acceptors (Lipinski definition) is 3. The third-order valence-electron chi connectivity index (χ3n) is 3.36. The Balaban J connectivity index is 2.01. The standard InChI is InChI=1S/C16H15N3O/c17-16-15(13-8-4-5-10-18-13)14(20)9-11-19(16)12-6-2-1-3-7-12/h1-8,10,17,20H,9,11H2. The van der Waals surface area contributed by atoms with Crippen molar-refractivity contribution in [2.45, 2.75) is 6.42 Å². The fourth-order valence-corrected chi connectivity index (χ4v) is 2.37. The molecule has 1 aromatic heterocycles. The molecule has 0 atom stereocenters. The van der Waals surface area contributed by atoms with Crippen molar-refractivity contribution in [3.8, 4) is 0 Å². The lowest BCUT2D eigenvalue weighted by atomic mass is 10.0. The largest absolute Gasteiger partial charge is 0.511 e. The first-order valence-electron chi connectivity index (χ1n) is 6.52. The van der Waals surface area contributed by atoms with Crippen molar-refractivity contribution in [3.05, 3.63) is 66.2 Å². The van der Waals surface area contributed by atoms with Gasteiger partial charge in [0.2, 0.25) is 0 Å². The molecule has 0 aliphatic carbocycles. The second-order valence-corrected chi connectivity index (χ2v) is 4.62. The van der Waals surface area contributed by atoms with E-state index in [4.69, 9.17) is 5.41 Å². The van der Waals surface area contributed by atoms with E-state index >= 15 is 0 Å². The zero-order valence-electron chi connectivity index (χ0n) is 11.0. The lowest BCUT2D eigenvalue weighted by Crippen LogP contribution is -2.36. The minimum absolute atomic E-state index is 0.237. The first-order chi connectivity index (χ1) is 9.77. The van der Waals surface area contributed by atoms with Crippen LogP contribution in [0.3, 0.4) is 0 Å². The number of rotatable bonds is 2. The van der Waals surface area contributed by atoms with Gasteiger partial charge >= 0.3 is 0 Å². The average molecular weight is 265 g/mol. The van der Waals surface area contributed by atoms with Gasteiger partial charge in [-0.3, -0.25) is 10.4 Å². The van der Waals surface area contributed by atoms with E-state index in [9.17, 15) is 5.11 Å². The Bertz CT molecular complexity index is 650. The molecule has 0 radical (unpaired) electrons. The van der Waals surface area contributed by atoms with Gasteiger partial charge in [-0.1, -0.05) is 24.3 Å². The maximum Gasteiger partial charge on any atom is 0.138 e. The van der Waals surface area contributed by atoms with E-state index in [0.717, 1.165) is 5.69 Å². The summed E-state index contributed by atoms with van der Waals surface area (Å²) in [5.74, 6) is 0.527. The minimum atomic E-state index is 0.237. The number of nitrogens with one attached hydrogen (secondary N) is 1. The fraction of sp³-hybridized carbons (Fsp3) is 0.125. The molecule has 0 bridgehead atoms. The number of aliphatic hydroxyl groups is 1. The summed E-state index contributed by atoms with van der Waals surface area (Å²) in [6.45, 7) is 0.602. The molecular weight excluding hydrogens is 250 g/mol. The van der Waals surface area contributed by atoms with E-state index in [1.54, 1.807) is 6.20 Å². The van der Waals surface area contributed by atoms with Crippen LogP contribution in [0, 0.1) is 5.41 Å². The van der Waals surface area contributed by atoms with Gasteiger partial charge in [-0.05, 0) is 24.3 Å². The van der Waals surface area contributed by atoms with E-state index < -0.39 is 0 Å². The molecule has 2 aromatic rings. The highest BCUT2D eigenvalue weighted by molar-refractivity contribution is 6.28. The smallest absolute Gasteiger partial charge is 0.138 e. The van der Waals surface area contributed by atoms with Gasteiger partial charge in [0.05, 0.1) is 11.3 Å². The van der Waals surface area contributed by atoms with Crippen LogP contribution < -0.4 is 4.90 Å². The topological polar surface area (TPSA) is 60.2 Å². The first-order valence-corrected chi connectivity index (χ1v) is 6.52. The highest BCUT2D eigenvalue weighted by atomic mass is 16.3. The summed E-state index contributed by atoms with van der Waals surface area (Å²) in [5.41, 5.74) is 2.11. The Morgan fingerprint density at radius 3 is 2.50 bits per heavy atom. The Morgan fingerprint density at radius 1 is 1.05 bits per heavy atom. The molecule has 2 heterocycles. The highest BCUT2D eigenvalue weighted by Gasteiger charge is 2.26. The molecule has 1 aromatic carbocycles. The van der Waals surface area contributed by atoms with Crippen LogP contribution in [-0.4, -0.2) is 22.5 Å². The Morgan fingerprint density at radius 2 is 1.80 bits per heavy atom. The van der Waals surface area contributed by atoms with Gasteiger partial charge in [-0.2, -0.15) is 0 Å². The molecule has 20 heavy (non-hydrogen) atoms. The average Bonchev–Trinajstić information content (AvgIpc) is 2.49. The SMILES string of the molecule is N=C1C(c2ccccn2)=C(O)CCN1c1ccccc1. The normalized spacial score (nSPS) is 15.6. The summed E-state index contributed by atoms with van der Waals surface area (Å²) < 4.78 is 0. The number of aromatic nitrogens is 1. The van der Waals surface area contributed by atoms with Crippen LogP contribution in [0.4, 0.5) is 5.69 Å². The number of pyridine rings is 1. The van der Waals surface area contributed by atoms with Gasteiger partial charge in [-0.25, -0.2) is 0 Å². The van der Waals surface area contributed by atoms with E-state index in [1.165, 1.54) is 0 Å². The predicted molar refractivity (Wildman–Crippen MR) is 79.9 cm³/mol. The highest BCUT2D eigenvalue weighted by Crippen LogP contribution is 2.28. The van der Waals surface area contributed by atoms with Gasteiger partial charge in [0.15, 0.2) is 0 Å². The van der Waals surface area contributed by atoms with Crippen LogP contribution in [0.25, 0.3) is 5.57 Å². The van der Waals surface area contributed by atoms with Gasteiger partial charge in [-0.15, -0.1) is 0 Å². The molecule has 1 aliphatic heterocycles. The summed E-state index contributed by atoms with van der Waals surface area (Å²) in [7, 11) is 0. The van der Waals surface area contributed by atoms with Crippen LogP contribution in [0.5, 0.6) is 0 Å². The summed E-state index contributed by atoms with van der Waals surface area (Å²) in [6.07, 6.45) is 2.19. The summed E-state index contributed by atoms with van der Waals surface area (Å²) in [6, 6.07) is 15.3. The first kappa shape index (κ1) is 12.4. The number of nitrogens with zero attached hydrogens (tertiary/aromatic N) is 2.